The van der Waals surface area contributed by atoms with Gasteiger partial charge in [-0.1, -0.05) is 12.1 Å². The maximum Gasteiger partial charge on any atom is 0.573 e. The molecule has 112 valence electrons. The van der Waals surface area contributed by atoms with E-state index in [0.29, 0.717) is 5.56 Å². The summed E-state index contributed by atoms with van der Waals surface area (Å²) in [6.07, 6.45) is -3.02. The number of nitrogens with two attached hydrogens (primary N) is 1. The Morgan fingerprint density at radius 2 is 2.15 bits per heavy atom. The van der Waals surface area contributed by atoms with E-state index in [2.05, 4.69) is 10.2 Å². The smallest absolute Gasteiger partial charge is 0.406 e. The van der Waals surface area contributed by atoms with Crippen LogP contribution >= 0.6 is 0 Å². The van der Waals surface area contributed by atoms with Gasteiger partial charge in [-0.05, 0) is 37.5 Å². The highest BCUT2D eigenvalue weighted by Gasteiger charge is 2.33. The highest BCUT2D eigenvalue weighted by atomic mass is 19.4. The van der Waals surface area contributed by atoms with E-state index in [4.69, 9.17) is 10.6 Å². The number of benzene rings is 1. The molecule has 0 aromatic heterocycles. The lowest BCUT2D eigenvalue weighted by atomic mass is 9.99. The Balaban J connectivity index is 2.15. The molecule has 0 radical (unpaired) electrons. The fraction of sp³-hybridized carbons (Fsp3) is 0.538. The number of hydrogen-bond acceptors (Lipinski definition) is 4. The Bertz CT molecular complexity index is 453. The quantitative estimate of drug-likeness (QED) is 0.661. The second kappa shape index (κ2) is 5.99. The van der Waals surface area contributed by atoms with E-state index >= 15 is 0 Å². The minimum Gasteiger partial charge on any atom is -0.406 e. The third-order valence-corrected chi connectivity index (χ3v) is 3.27. The maximum atomic E-state index is 12.2. The van der Waals surface area contributed by atoms with Crippen molar-refractivity contribution >= 4 is 0 Å². The van der Waals surface area contributed by atoms with Crippen molar-refractivity contribution in [1.29, 1.82) is 0 Å². The van der Waals surface area contributed by atoms with Crippen LogP contribution in [-0.2, 0) is 4.74 Å². The van der Waals surface area contributed by atoms with Crippen molar-refractivity contribution in [2.75, 3.05) is 0 Å². The van der Waals surface area contributed by atoms with Gasteiger partial charge in [0, 0.05) is 0 Å². The van der Waals surface area contributed by atoms with Gasteiger partial charge in [-0.15, -0.1) is 13.2 Å². The summed E-state index contributed by atoms with van der Waals surface area (Å²) >= 11 is 0. The topological polar surface area (TPSA) is 56.5 Å². The van der Waals surface area contributed by atoms with E-state index in [0.717, 1.165) is 12.8 Å². The molecule has 0 aliphatic carbocycles. The highest BCUT2D eigenvalue weighted by Crippen LogP contribution is 2.32. The summed E-state index contributed by atoms with van der Waals surface area (Å²) in [5.74, 6) is 5.25. The molecule has 2 rings (SSSR count). The van der Waals surface area contributed by atoms with E-state index in [-0.39, 0.29) is 24.0 Å². The average Bonchev–Trinajstić information content (AvgIpc) is 2.75. The molecule has 3 atom stereocenters. The van der Waals surface area contributed by atoms with Crippen LogP contribution in [0.15, 0.2) is 24.3 Å². The largest absolute Gasteiger partial charge is 0.573 e. The normalized spacial score (nSPS) is 24.6. The summed E-state index contributed by atoms with van der Waals surface area (Å²) in [5.41, 5.74) is 3.21. The van der Waals surface area contributed by atoms with Gasteiger partial charge >= 0.3 is 6.36 Å². The van der Waals surface area contributed by atoms with E-state index in [1.165, 1.54) is 18.2 Å². The predicted octanol–water partition coefficient (Wildman–Crippen LogP) is 2.66. The molecule has 3 unspecified atom stereocenters. The molecular formula is C13H17F3N2O2. The van der Waals surface area contributed by atoms with Crippen molar-refractivity contribution < 1.29 is 22.6 Å². The lowest BCUT2D eigenvalue weighted by Gasteiger charge is -2.23. The van der Waals surface area contributed by atoms with Crippen molar-refractivity contribution in [2.24, 2.45) is 5.84 Å². The number of hydrogen-bond donors (Lipinski definition) is 2. The van der Waals surface area contributed by atoms with Crippen LogP contribution in [0.2, 0.25) is 0 Å². The number of alkyl halides is 3. The molecule has 0 spiro atoms. The Morgan fingerprint density at radius 3 is 2.70 bits per heavy atom. The number of ether oxygens (including phenoxy) is 2. The minimum absolute atomic E-state index is 0.130. The third-order valence-electron chi connectivity index (χ3n) is 3.27. The van der Waals surface area contributed by atoms with E-state index < -0.39 is 6.36 Å². The SMILES string of the molecule is CC1CCC(C(NN)c2cccc(OC(F)(F)F)c2)O1. The van der Waals surface area contributed by atoms with Crippen molar-refractivity contribution in [1.82, 2.24) is 5.43 Å². The summed E-state index contributed by atoms with van der Waals surface area (Å²) in [7, 11) is 0. The van der Waals surface area contributed by atoms with Gasteiger partial charge in [0.05, 0.1) is 18.2 Å². The standard InChI is InChI=1S/C13H17F3N2O2/c1-8-5-6-11(19-8)12(18-17)9-3-2-4-10(7-9)20-13(14,15)16/h2-4,7-8,11-12,18H,5-6,17H2,1H3. The van der Waals surface area contributed by atoms with Crippen molar-refractivity contribution in [2.45, 2.75) is 44.4 Å². The average molecular weight is 290 g/mol. The number of rotatable bonds is 4. The molecule has 0 bridgehead atoms. The second-order valence-corrected chi connectivity index (χ2v) is 4.83. The summed E-state index contributed by atoms with van der Waals surface area (Å²) in [6, 6.07) is 5.41. The molecule has 20 heavy (non-hydrogen) atoms. The molecule has 1 saturated heterocycles. The molecule has 0 amide bonds. The van der Waals surface area contributed by atoms with Crippen LogP contribution in [0.3, 0.4) is 0 Å². The molecule has 7 heteroatoms. The lowest BCUT2D eigenvalue weighted by molar-refractivity contribution is -0.274. The Morgan fingerprint density at radius 1 is 1.40 bits per heavy atom. The maximum absolute atomic E-state index is 12.2. The molecule has 1 aliphatic heterocycles. The van der Waals surface area contributed by atoms with Gasteiger partial charge in [0.25, 0.3) is 0 Å². The van der Waals surface area contributed by atoms with Crippen LogP contribution in [0.1, 0.15) is 31.4 Å². The van der Waals surface area contributed by atoms with E-state index in [1.54, 1.807) is 6.07 Å². The molecule has 1 fully saturated rings. The molecule has 1 aromatic carbocycles. The van der Waals surface area contributed by atoms with Crippen molar-refractivity contribution in [3.63, 3.8) is 0 Å². The predicted molar refractivity (Wildman–Crippen MR) is 66.8 cm³/mol. The zero-order valence-corrected chi connectivity index (χ0v) is 11.0. The molecule has 3 N–H and O–H groups in total. The Hall–Kier alpha value is -1.31. The Kier molecular flexibility index (Phi) is 4.52. The summed E-state index contributed by atoms with van der Waals surface area (Å²) in [6.45, 7) is 1.96. The number of halogens is 3. The molecule has 4 nitrogen and oxygen atoms in total. The Labute approximate surface area is 115 Å². The van der Waals surface area contributed by atoms with E-state index in [1.807, 2.05) is 6.92 Å². The first-order valence-electron chi connectivity index (χ1n) is 6.36. The van der Waals surface area contributed by atoms with Gasteiger partial charge in [-0.25, -0.2) is 0 Å². The molecule has 1 aromatic rings. The van der Waals surface area contributed by atoms with E-state index in [9.17, 15) is 13.2 Å². The number of nitrogens with one attached hydrogen (secondary N) is 1. The van der Waals surface area contributed by atoms with Gasteiger partial charge in [0.2, 0.25) is 0 Å². The van der Waals surface area contributed by atoms with Crippen molar-refractivity contribution in [3.05, 3.63) is 29.8 Å². The van der Waals surface area contributed by atoms with Crippen LogP contribution in [0.5, 0.6) is 5.75 Å². The van der Waals surface area contributed by atoms with Crippen LogP contribution in [-0.4, -0.2) is 18.6 Å². The first-order valence-corrected chi connectivity index (χ1v) is 6.36. The van der Waals surface area contributed by atoms with Crippen LogP contribution in [0, 0.1) is 0 Å². The zero-order valence-electron chi connectivity index (χ0n) is 11.0. The van der Waals surface area contributed by atoms with Gasteiger partial charge in [0.1, 0.15) is 5.75 Å². The summed E-state index contributed by atoms with van der Waals surface area (Å²) in [5, 5.41) is 0. The fourth-order valence-electron chi connectivity index (χ4n) is 2.40. The highest BCUT2D eigenvalue weighted by molar-refractivity contribution is 5.31. The van der Waals surface area contributed by atoms with Gasteiger partial charge in [-0.2, -0.15) is 0 Å². The van der Waals surface area contributed by atoms with Gasteiger partial charge in [0.15, 0.2) is 0 Å². The number of hydrazine groups is 1. The first kappa shape index (κ1) is 15.1. The fourth-order valence-corrected chi connectivity index (χ4v) is 2.40. The summed E-state index contributed by atoms with van der Waals surface area (Å²) < 4.78 is 46.3. The van der Waals surface area contributed by atoms with Crippen molar-refractivity contribution in [3.8, 4) is 5.75 Å². The van der Waals surface area contributed by atoms with Gasteiger partial charge < -0.3 is 9.47 Å². The monoisotopic (exact) mass is 290 g/mol. The third kappa shape index (κ3) is 3.84. The zero-order chi connectivity index (χ0) is 14.8. The van der Waals surface area contributed by atoms with Crippen LogP contribution < -0.4 is 16.0 Å². The summed E-state index contributed by atoms with van der Waals surface area (Å²) in [4.78, 5) is 0. The second-order valence-electron chi connectivity index (χ2n) is 4.83. The molecule has 1 aliphatic rings. The van der Waals surface area contributed by atoms with Crippen LogP contribution in [0.25, 0.3) is 0 Å². The van der Waals surface area contributed by atoms with Crippen LogP contribution in [0.4, 0.5) is 13.2 Å². The van der Waals surface area contributed by atoms with Gasteiger partial charge in [-0.3, -0.25) is 11.3 Å². The molecule has 0 saturated carbocycles. The molecular weight excluding hydrogens is 273 g/mol. The molecule has 1 heterocycles. The minimum atomic E-state index is -4.71. The first-order chi connectivity index (χ1) is 9.39. The lowest BCUT2D eigenvalue weighted by Crippen LogP contribution is -2.36.